The summed E-state index contributed by atoms with van der Waals surface area (Å²) in [7, 11) is 1.89. The van der Waals surface area contributed by atoms with Gasteiger partial charge >= 0.3 is 5.97 Å². The number of aromatic nitrogens is 2. The number of fused-ring (bicyclic) bond motifs is 1. The maximum atomic E-state index is 11.4. The lowest BCUT2D eigenvalue weighted by Gasteiger charge is -2.11. The van der Waals surface area contributed by atoms with Crippen molar-refractivity contribution in [3.8, 4) is 17.2 Å². The Morgan fingerprint density at radius 2 is 1.70 bits per heavy atom. The summed E-state index contributed by atoms with van der Waals surface area (Å²) in [5, 5.41) is 9.31. The molecule has 0 atom stereocenters. The Labute approximate surface area is 204 Å². The van der Waals surface area contributed by atoms with E-state index in [9.17, 15) is 9.90 Å². The van der Waals surface area contributed by atoms with E-state index in [1.807, 2.05) is 55.8 Å². The number of nitrogens with two attached hydrogens (primary N) is 1. The number of carboxylic acid groups (broad SMARTS) is 1. The van der Waals surface area contributed by atoms with E-state index in [0.717, 1.165) is 33.6 Å². The third-order valence-corrected chi connectivity index (χ3v) is 5.22. The molecule has 1 aromatic heterocycles. The Morgan fingerprint density at radius 3 is 2.36 bits per heavy atom. The van der Waals surface area contributed by atoms with Crippen LogP contribution in [0.5, 0.6) is 17.2 Å². The van der Waals surface area contributed by atoms with Crippen LogP contribution in [-0.2, 0) is 13.7 Å². The molecule has 4 aromatic rings. The standard InChI is InChI=1S/C24H23N3O4.2ClH/c1-14-10-17(11-15(2)23(14)25)31-16-8-9-19-20(12-16)27(3)22(26-19)13-30-21-7-5-4-6-18(21)24(28)29;;/h4-12H,13,25H2,1-3H3,(H,28,29);2*1H. The molecule has 174 valence electrons. The summed E-state index contributed by atoms with van der Waals surface area (Å²) >= 11 is 0. The van der Waals surface area contributed by atoms with E-state index in [4.69, 9.17) is 15.2 Å². The van der Waals surface area contributed by atoms with Gasteiger partial charge in [-0.2, -0.15) is 0 Å². The van der Waals surface area contributed by atoms with Gasteiger partial charge in [-0.25, -0.2) is 9.78 Å². The first-order valence-electron chi connectivity index (χ1n) is 9.78. The van der Waals surface area contributed by atoms with Crippen molar-refractivity contribution in [1.29, 1.82) is 0 Å². The smallest absolute Gasteiger partial charge is 0.339 e. The minimum Gasteiger partial charge on any atom is -0.485 e. The van der Waals surface area contributed by atoms with Crippen LogP contribution in [0.15, 0.2) is 54.6 Å². The van der Waals surface area contributed by atoms with Crippen LogP contribution < -0.4 is 15.2 Å². The van der Waals surface area contributed by atoms with Crippen molar-refractivity contribution in [3.63, 3.8) is 0 Å². The number of carbonyl (C=O) groups is 1. The van der Waals surface area contributed by atoms with Gasteiger partial charge in [-0.3, -0.25) is 0 Å². The molecule has 0 aliphatic rings. The molecule has 4 rings (SSSR count). The molecule has 33 heavy (non-hydrogen) atoms. The number of imidazole rings is 1. The molecule has 0 radical (unpaired) electrons. The third kappa shape index (κ3) is 5.32. The predicted octanol–water partition coefficient (Wildman–Crippen LogP) is 5.69. The lowest BCUT2D eigenvalue weighted by molar-refractivity contribution is 0.0691. The Kier molecular flexibility index (Phi) is 8.19. The van der Waals surface area contributed by atoms with Crippen molar-refractivity contribution in [2.24, 2.45) is 7.05 Å². The van der Waals surface area contributed by atoms with Crippen LogP contribution in [0.3, 0.4) is 0 Å². The minimum absolute atomic E-state index is 0. The molecule has 0 unspecified atom stereocenters. The van der Waals surface area contributed by atoms with E-state index in [1.54, 1.807) is 18.2 Å². The first kappa shape index (κ1) is 25.8. The van der Waals surface area contributed by atoms with E-state index in [2.05, 4.69) is 4.98 Å². The highest BCUT2D eigenvalue weighted by Gasteiger charge is 2.14. The topological polar surface area (TPSA) is 99.6 Å². The van der Waals surface area contributed by atoms with Crippen LogP contribution in [0.2, 0.25) is 0 Å². The Hall–Kier alpha value is -3.42. The summed E-state index contributed by atoms with van der Waals surface area (Å²) in [5.41, 5.74) is 10.5. The zero-order valence-corrected chi connectivity index (χ0v) is 20.0. The summed E-state index contributed by atoms with van der Waals surface area (Å²) in [6.45, 7) is 4.05. The molecule has 0 amide bonds. The number of aryl methyl sites for hydroxylation is 3. The molecule has 0 fully saturated rings. The third-order valence-electron chi connectivity index (χ3n) is 5.22. The number of carboxylic acids is 1. The van der Waals surface area contributed by atoms with Gasteiger partial charge in [0, 0.05) is 18.8 Å². The second-order valence-corrected chi connectivity index (χ2v) is 7.40. The number of benzene rings is 3. The van der Waals surface area contributed by atoms with E-state index >= 15 is 0 Å². The highest BCUT2D eigenvalue weighted by molar-refractivity contribution is 5.90. The van der Waals surface area contributed by atoms with Gasteiger partial charge in [-0.15, -0.1) is 24.8 Å². The van der Waals surface area contributed by atoms with Gasteiger partial charge in [-0.1, -0.05) is 12.1 Å². The molecule has 0 spiro atoms. The van der Waals surface area contributed by atoms with E-state index in [1.165, 1.54) is 6.07 Å². The molecule has 0 aliphatic heterocycles. The predicted molar refractivity (Wildman–Crippen MR) is 133 cm³/mol. The SMILES string of the molecule is Cc1cc(Oc2ccc3nc(COc4ccccc4C(=O)O)n(C)c3c2)cc(C)c1N.Cl.Cl. The number of rotatable bonds is 6. The summed E-state index contributed by atoms with van der Waals surface area (Å²) < 4.78 is 13.7. The average molecular weight is 490 g/mol. The fourth-order valence-corrected chi connectivity index (χ4v) is 3.45. The van der Waals surface area contributed by atoms with Gasteiger partial charge in [-0.05, 0) is 61.4 Å². The summed E-state index contributed by atoms with van der Waals surface area (Å²) in [4.78, 5) is 16.0. The average Bonchev–Trinajstić information content (AvgIpc) is 3.06. The molecule has 1 heterocycles. The molecule has 0 saturated carbocycles. The second-order valence-electron chi connectivity index (χ2n) is 7.40. The van der Waals surface area contributed by atoms with E-state index in [-0.39, 0.29) is 37.0 Å². The van der Waals surface area contributed by atoms with Gasteiger partial charge in [0.15, 0.2) is 0 Å². The first-order chi connectivity index (χ1) is 14.8. The number of aromatic carboxylic acids is 1. The van der Waals surface area contributed by atoms with Gasteiger partial charge in [0.25, 0.3) is 0 Å². The van der Waals surface area contributed by atoms with Crippen LogP contribution >= 0.6 is 24.8 Å². The van der Waals surface area contributed by atoms with Crippen LogP contribution in [0, 0.1) is 13.8 Å². The fraction of sp³-hybridized carbons (Fsp3) is 0.167. The van der Waals surface area contributed by atoms with E-state index < -0.39 is 5.97 Å². The van der Waals surface area contributed by atoms with Crippen LogP contribution in [0.4, 0.5) is 5.69 Å². The van der Waals surface area contributed by atoms with Gasteiger partial charge < -0.3 is 24.9 Å². The zero-order chi connectivity index (χ0) is 22.1. The van der Waals surface area contributed by atoms with Gasteiger partial charge in [0.05, 0.1) is 11.0 Å². The molecule has 7 nitrogen and oxygen atoms in total. The Balaban J connectivity index is 0.00000193. The van der Waals surface area contributed by atoms with Crippen molar-refractivity contribution < 1.29 is 19.4 Å². The number of nitrogen functional groups attached to an aromatic ring is 1. The zero-order valence-electron chi connectivity index (χ0n) is 18.4. The number of nitrogens with zero attached hydrogens (tertiary/aromatic N) is 2. The molecule has 3 aromatic carbocycles. The number of anilines is 1. The molecule has 0 bridgehead atoms. The van der Waals surface area contributed by atoms with Crippen molar-refractivity contribution in [3.05, 3.63) is 77.1 Å². The molecule has 0 saturated heterocycles. The van der Waals surface area contributed by atoms with Crippen molar-refractivity contribution in [2.75, 3.05) is 5.73 Å². The number of halogens is 2. The van der Waals surface area contributed by atoms with Gasteiger partial charge in [0.1, 0.15) is 35.2 Å². The number of hydrogen-bond donors (Lipinski definition) is 2. The summed E-state index contributed by atoms with van der Waals surface area (Å²) in [6.07, 6.45) is 0. The monoisotopic (exact) mass is 489 g/mol. The van der Waals surface area contributed by atoms with Crippen molar-refractivity contribution in [1.82, 2.24) is 9.55 Å². The molecule has 3 N–H and O–H groups in total. The summed E-state index contributed by atoms with van der Waals surface area (Å²) in [5.74, 6) is 1.35. The van der Waals surface area contributed by atoms with Gasteiger partial charge in [0.2, 0.25) is 0 Å². The minimum atomic E-state index is -1.03. The molecule has 0 aliphatic carbocycles. The molecular formula is C24H25Cl2N3O4. The van der Waals surface area contributed by atoms with Crippen molar-refractivity contribution in [2.45, 2.75) is 20.5 Å². The van der Waals surface area contributed by atoms with Crippen LogP contribution in [0.1, 0.15) is 27.3 Å². The maximum absolute atomic E-state index is 11.4. The highest BCUT2D eigenvalue weighted by Crippen LogP contribution is 2.30. The normalized spacial score (nSPS) is 10.3. The Bertz CT molecular complexity index is 1280. The lowest BCUT2D eigenvalue weighted by Crippen LogP contribution is -2.06. The Morgan fingerprint density at radius 1 is 1.03 bits per heavy atom. The largest absolute Gasteiger partial charge is 0.485 e. The van der Waals surface area contributed by atoms with Crippen molar-refractivity contribution >= 4 is 47.5 Å². The molecule has 9 heteroatoms. The number of para-hydroxylation sites is 1. The van der Waals surface area contributed by atoms with Crippen LogP contribution in [-0.4, -0.2) is 20.6 Å². The van der Waals surface area contributed by atoms with E-state index in [0.29, 0.717) is 17.3 Å². The highest BCUT2D eigenvalue weighted by atomic mass is 35.5. The van der Waals surface area contributed by atoms with Crippen LogP contribution in [0.25, 0.3) is 11.0 Å². The second kappa shape index (κ2) is 10.5. The number of ether oxygens (including phenoxy) is 2. The lowest BCUT2D eigenvalue weighted by atomic mass is 10.1. The quantitative estimate of drug-likeness (QED) is 0.337. The number of hydrogen-bond acceptors (Lipinski definition) is 5. The maximum Gasteiger partial charge on any atom is 0.339 e. The molecular weight excluding hydrogens is 465 g/mol. The first-order valence-corrected chi connectivity index (χ1v) is 9.78. The summed E-state index contributed by atoms with van der Waals surface area (Å²) in [6, 6.07) is 16.0. The fourth-order valence-electron chi connectivity index (χ4n) is 3.45.